The highest BCUT2D eigenvalue weighted by atomic mass is 16.2. The van der Waals surface area contributed by atoms with Gasteiger partial charge in [-0.1, -0.05) is 32.9 Å². The molecule has 1 aliphatic heterocycles. The minimum atomic E-state index is -0.250. The van der Waals surface area contributed by atoms with Crippen LogP contribution >= 0.6 is 0 Å². The van der Waals surface area contributed by atoms with Crippen LogP contribution < -0.4 is 10.2 Å². The molecule has 0 aromatic heterocycles. The van der Waals surface area contributed by atoms with Crippen molar-refractivity contribution in [2.75, 3.05) is 11.4 Å². The first kappa shape index (κ1) is 16.5. The molecule has 2 amide bonds. The first-order valence-electron chi connectivity index (χ1n) is 8.12. The smallest absolute Gasteiger partial charge is 0.227 e. The van der Waals surface area contributed by atoms with Crippen LogP contribution in [0.15, 0.2) is 24.3 Å². The minimum absolute atomic E-state index is 0.0118. The highest BCUT2D eigenvalue weighted by molar-refractivity contribution is 6.00. The van der Waals surface area contributed by atoms with Gasteiger partial charge >= 0.3 is 0 Å². The molecule has 2 unspecified atom stereocenters. The van der Waals surface area contributed by atoms with Gasteiger partial charge in [0.15, 0.2) is 0 Å². The van der Waals surface area contributed by atoms with Gasteiger partial charge in [-0.3, -0.25) is 9.59 Å². The van der Waals surface area contributed by atoms with Crippen molar-refractivity contribution in [3.05, 3.63) is 29.8 Å². The molecular formula is C18H26N2O2. The van der Waals surface area contributed by atoms with Crippen LogP contribution in [-0.4, -0.2) is 24.4 Å². The average molecular weight is 302 g/mol. The molecule has 0 bridgehead atoms. The zero-order valence-electron chi connectivity index (χ0n) is 13.9. The molecule has 1 aromatic carbocycles. The molecular weight excluding hydrogens is 276 g/mol. The Bertz CT molecular complexity index is 537. The number of hydrogen-bond donors (Lipinski definition) is 1. The van der Waals surface area contributed by atoms with Gasteiger partial charge < -0.3 is 10.2 Å². The van der Waals surface area contributed by atoms with E-state index in [2.05, 4.69) is 26.1 Å². The second-order valence-corrected chi connectivity index (χ2v) is 6.47. The van der Waals surface area contributed by atoms with Crippen LogP contribution in [0.5, 0.6) is 0 Å². The van der Waals surface area contributed by atoms with Gasteiger partial charge in [0, 0.05) is 24.7 Å². The van der Waals surface area contributed by atoms with Crippen LogP contribution in [0.2, 0.25) is 0 Å². The summed E-state index contributed by atoms with van der Waals surface area (Å²) >= 11 is 0. The molecule has 22 heavy (non-hydrogen) atoms. The van der Waals surface area contributed by atoms with E-state index in [0.717, 1.165) is 12.1 Å². The monoisotopic (exact) mass is 302 g/mol. The number of carbonyl (C=O) groups excluding carboxylic acids is 2. The molecule has 1 heterocycles. The molecule has 120 valence electrons. The van der Waals surface area contributed by atoms with E-state index in [1.54, 1.807) is 4.90 Å². The second-order valence-electron chi connectivity index (χ2n) is 6.47. The van der Waals surface area contributed by atoms with Gasteiger partial charge in [0.05, 0.1) is 5.92 Å². The number of nitrogens with zero attached hydrogens (tertiary/aromatic N) is 1. The van der Waals surface area contributed by atoms with E-state index in [-0.39, 0.29) is 23.8 Å². The molecule has 0 spiro atoms. The standard InChI is InChI=1S/C18H26N2O2/c1-5-14-6-8-16(9-7-14)20-11-15(10-17(20)21)18(22)19-13(4)12(2)3/h6-9,12-13,15H,5,10-11H2,1-4H3,(H,19,22). The van der Waals surface area contributed by atoms with Crippen molar-refractivity contribution in [2.45, 2.75) is 46.6 Å². The number of rotatable bonds is 5. The summed E-state index contributed by atoms with van der Waals surface area (Å²) in [5.41, 5.74) is 2.13. The van der Waals surface area contributed by atoms with E-state index < -0.39 is 0 Å². The van der Waals surface area contributed by atoms with E-state index in [0.29, 0.717) is 18.9 Å². The van der Waals surface area contributed by atoms with Gasteiger partial charge in [-0.25, -0.2) is 0 Å². The van der Waals surface area contributed by atoms with Crippen molar-refractivity contribution < 1.29 is 9.59 Å². The van der Waals surface area contributed by atoms with E-state index in [1.165, 1.54) is 5.56 Å². The summed E-state index contributed by atoms with van der Waals surface area (Å²) in [4.78, 5) is 26.2. The molecule has 0 aliphatic carbocycles. The fourth-order valence-electron chi connectivity index (χ4n) is 2.55. The quantitative estimate of drug-likeness (QED) is 0.909. The maximum Gasteiger partial charge on any atom is 0.227 e. The van der Waals surface area contributed by atoms with Crippen molar-refractivity contribution in [3.63, 3.8) is 0 Å². The first-order valence-corrected chi connectivity index (χ1v) is 8.12. The van der Waals surface area contributed by atoms with Crippen LogP contribution in [-0.2, 0) is 16.0 Å². The lowest BCUT2D eigenvalue weighted by Crippen LogP contribution is -2.40. The highest BCUT2D eigenvalue weighted by Gasteiger charge is 2.35. The molecule has 1 aliphatic rings. The second kappa shape index (κ2) is 6.95. The summed E-state index contributed by atoms with van der Waals surface area (Å²) in [5.74, 6) is 0.155. The number of carbonyl (C=O) groups is 2. The lowest BCUT2D eigenvalue weighted by atomic mass is 10.0. The van der Waals surface area contributed by atoms with Crippen LogP contribution in [0, 0.1) is 11.8 Å². The van der Waals surface area contributed by atoms with E-state index >= 15 is 0 Å². The predicted octanol–water partition coefficient (Wildman–Crippen LogP) is 2.76. The Labute approximate surface area is 132 Å². The van der Waals surface area contributed by atoms with Gasteiger partial charge in [-0.2, -0.15) is 0 Å². The summed E-state index contributed by atoms with van der Waals surface area (Å²) in [6.45, 7) is 8.73. The number of aryl methyl sites for hydroxylation is 1. The third kappa shape index (κ3) is 3.67. The summed E-state index contributed by atoms with van der Waals surface area (Å²) in [7, 11) is 0. The van der Waals surface area contributed by atoms with Crippen molar-refractivity contribution in [1.82, 2.24) is 5.32 Å². The topological polar surface area (TPSA) is 49.4 Å². The molecule has 2 atom stereocenters. The predicted molar refractivity (Wildman–Crippen MR) is 88.7 cm³/mol. The van der Waals surface area contributed by atoms with Gasteiger partial charge in [-0.15, -0.1) is 0 Å². The lowest BCUT2D eigenvalue weighted by molar-refractivity contribution is -0.127. The largest absolute Gasteiger partial charge is 0.353 e. The fourth-order valence-corrected chi connectivity index (χ4v) is 2.55. The van der Waals surface area contributed by atoms with E-state index in [4.69, 9.17) is 0 Å². The number of anilines is 1. The van der Waals surface area contributed by atoms with E-state index in [1.807, 2.05) is 31.2 Å². The third-order valence-corrected chi connectivity index (χ3v) is 4.52. The summed E-state index contributed by atoms with van der Waals surface area (Å²) in [6.07, 6.45) is 1.28. The molecule has 0 radical (unpaired) electrons. The Morgan fingerprint density at radius 2 is 1.91 bits per heavy atom. The van der Waals surface area contributed by atoms with Crippen molar-refractivity contribution in [1.29, 1.82) is 0 Å². The summed E-state index contributed by atoms with van der Waals surface area (Å²) in [6, 6.07) is 8.13. The van der Waals surface area contributed by atoms with Gasteiger partial charge in [0.25, 0.3) is 0 Å². The van der Waals surface area contributed by atoms with Crippen LogP contribution in [0.25, 0.3) is 0 Å². The molecule has 4 heteroatoms. The molecule has 1 fully saturated rings. The number of hydrogen-bond acceptors (Lipinski definition) is 2. The fraction of sp³-hybridized carbons (Fsp3) is 0.556. The van der Waals surface area contributed by atoms with Crippen LogP contribution in [0.3, 0.4) is 0 Å². The molecule has 1 aromatic rings. The average Bonchev–Trinajstić information content (AvgIpc) is 2.89. The number of nitrogens with one attached hydrogen (secondary N) is 1. The first-order chi connectivity index (χ1) is 10.4. The summed E-state index contributed by atoms with van der Waals surface area (Å²) < 4.78 is 0. The maximum absolute atomic E-state index is 12.3. The van der Waals surface area contributed by atoms with Crippen LogP contribution in [0.4, 0.5) is 5.69 Å². The van der Waals surface area contributed by atoms with Crippen molar-refractivity contribution in [2.24, 2.45) is 11.8 Å². The van der Waals surface area contributed by atoms with E-state index in [9.17, 15) is 9.59 Å². The Balaban J connectivity index is 2.02. The Kier molecular flexibility index (Phi) is 5.22. The molecule has 2 rings (SSSR count). The van der Waals surface area contributed by atoms with Gasteiger partial charge in [0.2, 0.25) is 11.8 Å². The maximum atomic E-state index is 12.3. The Hall–Kier alpha value is -1.84. The molecule has 0 saturated carbocycles. The zero-order valence-corrected chi connectivity index (χ0v) is 13.9. The SMILES string of the molecule is CCc1ccc(N2CC(C(=O)NC(C)C(C)C)CC2=O)cc1. The number of amides is 2. The lowest BCUT2D eigenvalue weighted by Gasteiger charge is -2.20. The van der Waals surface area contributed by atoms with Gasteiger partial charge in [-0.05, 0) is 37.0 Å². The molecule has 1 N–H and O–H groups in total. The highest BCUT2D eigenvalue weighted by Crippen LogP contribution is 2.25. The normalized spacial score (nSPS) is 19.6. The summed E-state index contributed by atoms with van der Waals surface area (Å²) in [5, 5.41) is 3.01. The molecule has 4 nitrogen and oxygen atoms in total. The van der Waals surface area contributed by atoms with Crippen LogP contribution in [0.1, 0.15) is 39.7 Å². The van der Waals surface area contributed by atoms with Crippen molar-refractivity contribution >= 4 is 17.5 Å². The molecule has 1 saturated heterocycles. The number of benzene rings is 1. The van der Waals surface area contributed by atoms with Gasteiger partial charge in [0.1, 0.15) is 0 Å². The minimum Gasteiger partial charge on any atom is -0.353 e. The third-order valence-electron chi connectivity index (χ3n) is 4.52. The zero-order chi connectivity index (χ0) is 16.3. The Morgan fingerprint density at radius 3 is 2.45 bits per heavy atom. The van der Waals surface area contributed by atoms with Crippen molar-refractivity contribution in [3.8, 4) is 0 Å². The Morgan fingerprint density at radius 1 is 1.27 bits per heavy atom.